The third-order valence-electron chi connectivity index (χ3n) is 2.93. The standard InChI is InChI=1S/C14H13ClF2N2/c1-18-14(5-9-3-2-4-19-8-9)10-6-13(17)11(15)7-12(10)16/h2-4,6-8,14,18H,5H2,1H3. The quantitative estimate of drug-likeness (QED) is 0.868. The number of benzene rings is 1. The summed E-state index contributed by atoms with van der Waals surface area (Å²) in [6.07, 6.45) is 3.89. The number of nitrogens with one attached hydrogen (secondary N) is 1. The third-order valence-corrected chi connectivity index (χ3v) is 3.22. The molecule has 100 valence electrons. The maximum absolute atomic E-state index is 13.9. The first-order chi connectivity index (χ1) is 9.11. The van der Waals surface area contributed by atoms with Crippen molar-refractivity contribution in [1.29, 1.82) is 0 Å². The van der Waals surface area contributed by atoms with Crippen molar-refractivity contribution in [3.8, 4) is 0 Å². The molecule has 0 spiro atoms. The fourth-order valence-electron chi connectivity index (χ4n) is 1.93. The first kappa shape index (κ1) is 13.9. The molecular weight excluding hydrogens is 270 g/mol. The lowest BCUT2D eigenvalue weighted by atomic mass is 9.99. The molecule has 0 radical (unpaired) electrons. The van der Waals surface area contributed by atoms with Gasteiger partial charge in [-0.2, -0.15) is 0 Å². The lowest BCUT2D eigenvalue weighted by molar-refractivity contribution is 0.522. The first-order valence-corrected chi connectivity index (χ1v) is 6.20. The number of rotatable bonds is 4. The molecule has 1 aromatic heterocycles. The van der Waals surface area contributed by atoms with Crippen LogP contribution < -0.4 is 5.32 Å². The minimum atomic E-state index is -0.621. The number of halogens is 3. The number of hydrogen-bond donors (Lipinski definition) is 1. The van der Waals surface area contributed by atoms with Gasteiger partial charge in [0.15, 0.2) is 0 Å². The second-order valence-corrected chi connectivity index (χ2v) is 4.60. The van der Waals surface area contributed by atoms with E-state index in [-0.39, 0.29) is 16.6 Å². The number of pyridine rings is 1. The van der Waals surface area contributed by atoms with Gasteiger partial charge < -0.3 is 5.32 Å². The summed E-state index contributed by atoms with van der Waals surface area (Å²) in [6, 6.07) is 5.49. The van der Waals surface area contributed by atoms with Gasteiger partial charge in [-0.05, 0) is 37.2 Å². The summed E-state index contributed by atoms with van der Waals surface area (Å²) in [5, 5.41) is 2.77. The molecule has 0 bridgehead atoms. The van der Waals surface area contributed by atoms with Crippen molar-refractivity contribution in [3.05, 3.63) is 64.4 Å². The van der Waals surface area contributed by atoms with Crippen LogP contribution in [0.1, 0.15) is 17.2 Å². The molecule has 1 atom stereocenters. The SMILES string of the molecule is CNC(Cc1cccnc1)c1cc(F)c(Cl)cc1F. The van der Waals surface area contributed by atoms with Gasteiger partial charge in [0.05, 0.1) is 5.02 Å². The molecule has 0 saturated heterocycles. The van der Waals surface area contributed by atoms with Crippen LogP contribution in [-0.2, 0) is 6.42 Å². The van der Waals surface area contributed by atoms with Gasteiger partial charge in [0.2, 0.25) is 0 Å². The average Bonchev–Trinajstić information content (AvgIpc) is 2.42. The van der Waals surface area contributed by atoms with Crippen molar-refractivity contribution >= 4 is 11.6 Å². The van der Waals surface area contributed by atoms with Crippen molar-refractivity contribution in [3.63, 3.8) is 0 Å². The summed E-state index contributed by atoms with van der Waals surface area (Å²) in [4.78, 5) is 4.00. The van der Waals surface area contributed by atoms with E-state index in [0.717, 1.165) is 17.7 Å². The van der Waals surface area contributed by atoms with Crippen molar-refractivity contribution in [2.45, 2.75) is 12.5 Å². The van der Waals surface area contributed by atoms with Gasteiger partial charge >= 0.3 is 0 Å². The second kappa shape index (κ2) is 6.08. The Morgan fingerprint density at radius 2 is 2.11 bits per heavy atom. The molecule has 0 aliphatic heterocycles. The van der Waals surface area contributed by atoms with Crippen LogP contribution in [0.25, 0.3) is 0 Å². The first-order valence-electron chi connectivity index (χ1n) is 5.82. The Morgan fingerprint density at radius 3 is 2.74 bits per heavy atom. The topological polar surface area (TPSA) is 24.9 Å². The summed E-state index contributed by atoms with van der Waals surface area (Å²) < 4.78 is 27.3. The van der Waals surface area contributed by atoms with Gasteiger partial charge in [-0.1, -0.05) is 17.7 Å². The van der Waals surface area contributed by atoms with Gasteiger partial charge in [0, 0.05) is 24.0 Å². The van der Waals surface area contributed by atoms with E-state index >= 15 is 0 Å². The Hall–Kier alpha value is -1.52. The van der Waals surface area contributed by atoms with Gasteiger partial charge in [0.1, 0.15) is 11.6 Å². The monoisotopic (exact) mass is 282 g/mol. The molecule has 2 aromatic rings. The molecule has 1 unspecified atom stereocenters. The van der Waals surface area contributed by atoms with Crippen LogP contribution in [0.3, 0.4) is 0 Å². The molecule has 5 heteroatoms. The molecule has 1 aromatic carbocycles. The lowest BCUT2D eigenvalue weighted by Gasteiger charge is -2.17. The highest BCUT2D eigenvalue weighted by Crippen LogP contribution is 2.25. The molecule has 1 heterocycles. The molecule has 2 nitrogen and oxygen atoms in total. The molecule has 0 aliphatic rings. The maximum Gasteiger partial charge on any atom is 0.142 e. The third kappa shape index (κ3) is 3.28. The molecule has 2 rings (SSSR count). The smallest absolute Gasteiger partial charge is 0.142 e. The number of nitrogens with zero attached hydrogens (tertiary/aromatic N) is 1. The van der Waals surface area contributed by atoms with Crippen LogP contribution in [-0.4, -0.2) is 12.0 Å². The van der Waals surface area contributed by atoms with Crippen LogP contribution in [0.4, 0.5) is 8.78 Å². The largest absolute Gasteiger partial charge is 0.313 e. The van der Waals surface area contributed by atoms with Crippen LogP contribution >= 0.6 is 11.6 Å². The van der Waals surface area contributed by atoms with E-state index in [0.29, 0.717) is 6.42 Å². The van der Waals surface area contributed by atoms with Gasteiger partial charge in [0.25, 0.3) is 0 Å². The molecule has 0 aliphatic carbocycles. The Balaban J connectivity index is 2.30. The fourth-order valence-corrected chi connectivity index (χ4v) is 2.08. The lowest BCUT2D eigenvalue weighted by Crippen LogP contribution is -2.20. The fraction of sp³-hybridized carbons (Fsp3) is 0.214. The van der Waals surface area contributed by atoms with Crippen molar-refractivity contribution < 1.29 is 8.78 Å². The zero-order valence-corrected chi connectivity index (χ0v) is 11.1. The van der Waals surface area contributed by atoms with E-state index in [1.165, 1.54) is 0 Å². The molecule has 1 N–H and O–H groups in total. The van der Waals surface area contributed by atoms with E-state index in [2.05, 4.69) is 10.3 Å². The van der Waals surface area contributed by atoms with Gasteiger partial charge in [-0.25, -0.2) is 8.78 Å². The predicted molar refractivity (Wildman–Crippen MR) is 71.1 cm³/mol. The van der Waals surface area contributed by atoms with E-state index in [1.807, 2.05) is 6.07 Å². The average molecular weight is 283 g/mol. The van der Waals surface area contributed by atoms with Crippen molar-refractivity contribution in [2.75, 3.05) is 7.05 Å². The highest BCUT2D eigenvalue weighted by atomic mass is 35.5. The van der Waals surface area contributed by atoms with Gasteiger partial charge in [-0.3, -0.25) is 4.98 Å². The molecule has 0 saturated carbocycles. The van der Waals surface area contributed by atoms with Crippen molar-refractivity contribution in [2.24, 2.45) is 0 Å². The maximum atomic E-state index is 13.9. The summed E-state index contributed by atoms with van der Waals surface area (Å²) >= 11 is 5.55. The predicted octanol–water partition coefficient (Wildman–Crippen LogP) is 3.52. The molecule has 0 amide bonds. The minimum absolute atomic E-state index is 0.211. The van der Waals surface area contributed by atoms with E-state index in [1.54, 1.807) is 25.5 Å². The minimum Gasteiger partial charge on any atom is -0.313 e. The van der Waals surface area contributed by atoms with E-state index in [4.69, 9.17) is 11.6 Å². The zero-order valence-electron chi connectivity index (χ0n) is 10.3. The Labute approximate surface area is 115 Å². The Morgan fingerprint density at radius 1 is 1.32 bits per heavy atom. The molecule has 19 heavy (non-hydrogen) atoms. The molecular formula is C14H13ClF2N2. The second-order valence-electron chi connectivity index (χ2n) is 4.19. The highest BCUT2D eigenvalue weighted by Gasteiger charge is 2.17. The zero-order chi connectivity index (χ0) is 13.8. The van der Waals surface area contributed by atoms with E-state index < -0.39 is 11.6 Å². The number of hydrogen-bond acceptors (Lipinski definition) is 2. The van der Waals surface area contributed by atoms with Gasteiger partial charge in [-0.15, -0.1) is 0 Å². The summed E-state index contributed by atoms with van der Waals surface area (Å²) in [6.45, 7) is 0. The number of aromatic nitrogens is 1. The van der Waals surface area contributed by atoms with Crippen LogP contribution in [0, 0.1) is 11.6 Å². The Kier molecular flexibility index (Phi) is 4.45. The van der Waals surface area contributed by atoms with Crippen molar-refractivity contribution in [1.82, 2.24) is 10.3 Å². The van der Waals surface area contributed by atoms with Crippen LogP contribution in [0.5, 0.6) is 0 Å². The molecule has 0 fully saturated rings. The highest BCUT2D eigenvalue weighted by molar-refractivity contribution is 6.30. The summed E-state index contributed by atoms with van der Waals surface area (Å²) in [5.74, 6) is -1.14. The number of likely N-dealkylation sites (N-methyl/N-ethyl adjacent to an activating group) is 1. The normalized spacial score (nSPS) is 12.4. The summed E-state index contributed by atoms with van der Waals surface area (Å²) in [5.41, 5.74) is 1.20. The van der Waals surface area contributed by atoms with Crippen LogP contribution in [0.2, 0.25) is 5.02 Å². The van der Waals surface area contributed by atoms with Crippen LogP contribution in [0.15, 0.2) is 36.7 Å². The Bertz CT molecular complexity index is 561. The summed E-state index contributed by atoms with van der Waals surface area (Å²) in [7, 11) is 1.70. The van der Waals surface area contributed by atoms with E-state index in [9.17, 15) is 8.78 Å².